The molecule has 0 aromatic heterocycles. The highest BCUT2D eigenvalue weighted by Crippen LogP contribution is 2.24. The van der Waals surface area contributed by atoms with Crippen molar-refractivity contribution in [2.75, 3.05) is 16.2 Å². The van der Waals surface area contributed by atoms with Gasteiger partial charge in [0.2, 0.25) is 5.91 Å². The Morgan fingerprint density at radius 3 is 2.09 bits per heavy atom. The van der Waals surface area contributed by atoms with Gasteiger partial charge in [-0.2, -0.15) is 5.10 Å². The van der Waals surface area contributed by atoms with E-state index in [2.05, 4.69) is 15.8 Å². The van der Waals surface area contributed by atoms with Gasteiger partial charge in [-0.1, -0.05) is 29.8 Å². The van der Waals surface area contributed by atoms with Crippen LogP contribution in [0.5, 0.6) is 0 Å². The van der Waals surface area contributed by atoms with E-state index in [0.717, 1.165) is 22.0 Å². The Morgan fingerprint density at radius 1 is 0.914 bits per heavy atom. The summed E-state index contributed by atoms with van der Waals surface area (Å²) in [7, 11) is -4.12. The van der Waals surface area contributed by atoms with Crippen molar-refractivity contribution in [3.8, 4) is 0 Å². The Bertz CT molecular complexity index is 1340. The number of carbonyl (C=O) groups is 2. The zero-order valence-electron chi connectivity index (χ0n) is 19.4. The first-order chi connectivity index (χ1) is 16.6. The van der Waals surface area contributed by atoms with Gasteiger partial charge >= 0.3 is 0 Å². The van der Waals surface area contributed by atoms with E-state index >= 15 is 0 Å². The van der Waals surface area contributed by atoms with E-state index in [-0.39, 0.29) is 16.5 Å². The second kappa shape index (κ2) is 10.9. The minimum Gasteiger partial charge on any atom is -0.326 e. The fourth-order valence-corrected chi connectivity index (χ4v) is 4.56. The molecule has 0 aliphatic rings. The van der Waals surface area contributed by atoms with Gasteiger partial charge in [-0.15, -0.1) is 0 Å². The van der Waals surface area contributed by atoms with Crippen molar-refractivity contribution < 1.29 is 22.4 Å². The smallest absolute Gasteiger partial charge is 0.264 e. The normalized spacial score (nSPS) is 11.6. The first kappa shape index (κ1) is 25.6. The van der Waals surface area contributed by atoms with Gasteiger partial charge in [-0.05, 0) is 67.9 Å². The molecule has 0 saturated carbocycles. The average molecular weight is 497 g/mol. The Kier molecular flexibility index (Phi) is 7.98. The van der Waals surface area contributed by atoms with Gasteiger partial charge in [0.25, 0.3) is 15.9 Å². The first-order valence-electron chi connectivity index (χ1n) is 10.6. The van der Waals surface area contributed by atoms with Crippen LogP contribution in [0.25, 0.3) is 0 Å². The highest BCUT2D eigenvalue weighted by Gasteiger charge is 2.27. The van der Waals surface area contributed by atoms with Crippen LogP contribution in [-0.4, -0.2) is 32.5 Å². The number of halogens is 1. The van der Waals surface area contributed by atoms with E-state index in [1.165, 1.54) is 31.2 Å². The lowest BCUT2D eigenvalue weighted by Gasteiger charge is -2.23. The molecule has 3 aromatic rings. The summed E-state index contributed by atoms with van der Waals surface area (Å²) in [4.78, 5) is 23.8. The number of aryl methyl sites for hydroxylation is 1. The number of hydrazone groups is 1. The van der Waals surface area contributed by atoms with Crippen LogP contribution in [0, 0.1) is 12.7 Å². The molecule has 0 spiro atoms. The summed E-state index contributed by atoms with van der Waals surface area (Å²) in [6.07, 6.45) is 0. The largest absolute Gasteiger partial charge is 0.326 e. The van der Waals surface area contributed by atoms with Gasteiger partial charge < -0.3 is 5.32 Å². The van der Waals surface area contributed by atoms with E-state index in [4.69, 9.17) is 0 Å². The van der Waals surface area contributed by atoms with Gasteiger partial charge in [0.05, 0.1) is 16.3 Å². The first-order valence-corrected chi connectivity index (χ1v) is 12.1. The van der Waals surface area contributed by atoms with Gasteiger partial charge in [0.1, 0.15) is 12.4 Å². The van der Waals surface area contributed by atoms with E-state index < -0.39 is 28.3 Å². The number of benzene rings is 3. The summed E-state index contributed by atoms with van der Waals surface area (Å²) in [5.41, 5.74) is 5.18. The molecule has 0 fully saturated rings. The van der Waals surface area contributed by atoms with Gasteiger partial charge in [0.15, 0.2) is 0 Å². The minimum absolute atomic E-state index is 0.000771. The molecule has 0 saturated heterocycles. The number of carbonyl (C=O) groups excluding carboxylic acids is 2. The molecule has 0 aliphatic heterocycles. The van der Waals surface area contributed by atoms with Crippen molar-refractivity contribution in [1.82, 2.24) is 5.43 Å². The third kappa shape index (κ3) is 6.73. The number of sulfonamides is 1. The maximum absolute atomic E-state index is 13.4. The molecule has 3 rings (SSSR count). The quantitative estimate of drug-likeness (QED) is 0.365. The molecule has 182 valence electrons. The number of amides is 2. The summed E-state index contributed by atoms with van der Waals surface area (Å²) in [6.45, 7) is 4.34. The van der Waals surface area contributed by atoms with Crippen LogP contribution in [0.2, 0.25) is 0 Å². The summed E-state index contributed by atoms with van der Waals surface area (Å²) in [5.74, 6) is -1.41. The lowest BCUT2D eigenvalue weighted by Crippen LogP contribution is -2.39. The predicted octanol–water partition coefficient (Wildman–Crippen LogP) is 3.83. The monoisotopic (exact) mass is 496 g/mol. The third-order valence-electron chi connectivity index (χ3n) is 4.98. The molecule has 0 atom stereocenters. The molecule has 2 amide bonds. The van der Waals surface area contributed by atoms with Crippen LogP contribution in [0.15, 0.2) is 82.8 Å². The van der Waals surface area contributed by atoms with Crippen LogP contribution in [0.3, 0.4) is 0 Å². The van der Waals surface area contributed by atoms with Crippen molar-refractivity contribution in [3.05, 3.63) is 89.7 Å². The summed E-state index contributed by atoms with van der Waals surface area (Å²) >= 11 is 0. The van der Waals surface area contributed by atoms with Crippen LogP contribution in [0.1, 0.15) is 25.0 Å². The molecule has 10 heteroatoms. The Labute approximate surface area is 203 Å². The second-order valence-corrected chi connectivity index (χ2v) is 9.65. The highest BCUT2D eigenvalue weighted by atomic mass is 32.2. The molecule has 0 heterocycles. The molecule has 8 nitrogen and oxygen atoms in total. The zero-order chi connectivity index (χ0) is 25.6. The summed E-state index contributed by atoms with van der Waals surface area (Å²) in [5, 5.41) is 6.72. The molecule has 0 radical (unpaired) electrons. The van der Waals surface area contributed by atoms with E-state index in [1.807, 2.05) is 6.92 Å². The van der Waals surface area contributed by atoms with Crippen molar-refractivity contribution in [3.63, 3.8) is 0 Å². The fourth-order valence-electron chi connectivity index (χ4n) is 3.13. The zero-order valence-corrected chi connectivity index (χ0v) is 20.3. The Hall–Kier alpha value is -4.05. The van der Waals surface area contributed by atoms with Crippen molar-refractivity contribution in [1.29, 1.82) is 0 Å². The van der Waals surface area contributed by atoms with Crippen molar-refractivity contribution >= 4 is 38.9 Å². The SMILES string of the molecule is CC(=O)Nc1ccc(/C(C)=N\NC(=O)CN(c2ccc(F)cc2)S(=O)(=O)c2ccc(C)cc2)cc1. The predicted molar refractivity (Wildman–Crippen MR) is 133 cm³/mol. The third-order valence-corrected chi connectivity index (χ3v) is 6.77. The lowest BCUT2D eigenvalue weighted by molar-refractivity contribution is -0.119. The number of rotatable bonds is 8. The molecule has 35 heavy (non-hydrogen) atoms. The average Bonchev–Trinajstić information content (AvgIpc) is 2.82. The maximum Gasteiger partial charge on any atom is 0.264 e. The minimum atomic E-state index is -4.12. The molecular formula is C25H25FN4O4S. The van der Waals surface area contributed by atoms with Gasteiger partial charge in [0, 0.05) is 12.6 Å². The maximum atomic E-state index is 13.4. The van der Waals surface area contributed by atoms with Crippen LogP contribution < -0.4 is 15.0 Å². The van der Waals surface area contributed by atoms with Crippen LogP contribution >= 0.6 is 0 Å². The van der Waals surface area contributed by atoms with Crippen LogP contribution in [0.4, 0.5) is 15.8 Å². The van der Waals surface area contributed by atoms with Gasteiger partial charge in [-0.3, -0.25) is 13.9 Å². The Balaban J connectivity index is 1.80. The van der Waals surface area contributed by atoms with Crippen LogP contribution in [-0.2, 0) is 19.6 Å². The molecule has 0 bridgehead atoms. The molecular weight excluding hydrogens is 471 g/mol. The van der Waals surface area contributed by atoms with E-state index in [0.29, 0.717) is 17.0 Å². The number of nitrogens with zero attached hydrogens (tertiary/aromatic N) is 2. The van der Waals surface area contributed by atoms with Gasteiger partial charge in [-0.25, -0.2) is 18.2 Å². The number of hydrogen-bond acceptors (Lipinski definition) is 5. The van der Waals surface area contributed by atoms with Crippen molar-refractivity contribution in [2.45, 2.75) is 25.7 Å². The Morgan fingerprint density at radius 2 is 1.51 bits per heavy atom. The number of hydrogen-bond donors (Lipinski definition) is 2. The van der Waals surface area contributed by atoms with Crippen molar-refractivity contribution in [2.24, 2.45) is 5.10 Å². The lowest BCUT2D eigenvalue weighted by atomic mass is 10.1. The second-order valence-electron chi connectivity index (χ2n) is 7.79. The molecule has 3 aromatic carbocycles. The standard InChI is InChI=1S/C25H25FN4O4S/c1-17-4-14-24(15-5-17)35(33,34)30(23-12-8-21(26)9-13-23)16-25(32)29-28-18(2)20-6-10-22(11-7-20)27-19(3)31/h4-15H,16H2,1-3H3,(H,27,31)(H,29,32)/b28-18-. The van der Waals surface area contributed by atoms with E-state index in [1.54, 1.807) is 43.3 Å². The molecule has 0 aliphatic carbocycles. The summed E-state index contributed by atoms with van der Waals surface area (Å²) in [6, 6.07) is 17.9. The molecule has 2 N–H and O–H groups in total. The number of anilines is 2. The fraction of sp³-hybridized carbons (Fsp3) is 0.160. The number of nitrogens with one attached hydrogen (secondary N) is 2. The summed E-state index contributed by atoms with van der Waals surface area (Å²) < 4.78 is 41.0. The highest BCUT2D eigenvalue weighted by molar-refractivity contribution is 7.92. The van der Waals surface area contributed by atoms with E-state index in [9.17, 15) is 22.4 Å². The topological polar surface area (TPSA) is 108 Å². The molecule has 0 unspecified atom stereocenters.